The van der Waals surface area contributed by atoms with Gasteiger partial charge in [0.05, 0.1) is 19.8 Å². The van der Waals surface area contributed by atoms with Crippen molar-refractivity contribution in [2.45, 2.75) is 50.8 Å². The van der Waals surface area contributed by atoms with Crippen LogP contribution in [0.3, 0.4) is 0 Å². The van der Waals surface area contributed by atoms with Gasteiger partial charge in [-0.25, -0.2) is 0 Å². The molecule has 1 aliphatic rings. The summed E-state index contributed by atoms with van der Waals surface area (Å²) in [7, 11) is 0. The molecule has 7 heteroatoms. The fourth-order valence-electron chi connectivity index (χ4n) is 3.39. The lowest BCUT2D eigenvalue weighted by atomic mass is 9.96. The molecule has 29 heavy (non-hydrogen) atoms. The molecule has 0 saturated carbocycles. The first-order chi connectivity index (χ1) is 14.1. The molecule has 0 aromatic heterocycles. The highest BCUT2D eigenvalue weighted by Crippen LogP contribution is 2.27. The zero-order chi connectivity index (χ0) is 20.6. The van der Waals surface area contributed by atoms with Crippen molar-refractivity contribution in [3.05, 3.63) is 71.8 Å². The Morgan fingerprint density at radius 1 is 0.966 bits per heavy atom. The van der Waals surface area contributed by atoms with Crippen molar-refractivity contribution in [3.8, 4) is 0 Å². The van der Waals surface area contributed by atoms with E-state index in [1.807, 2.05) is 60.7 Å². The second-order valence-electron chi connectivity index (χ2n) is 7.00. The van der Waals surface area contributed by atoms with Crippen LogP contribution in [0.1, 0.15) is 18.1 Å². The van der Waals surface area contributed by atoms with E-state index in [0.717, 1.165) is 11.1 Å². The van der Waals surface area contributed by atoms with Crippen molar-refractivity contribution in [1.82, 2.24) is 5.32 Å². The number of nitrogens with one attached hydrogen (secondary N) is 1. The molecule has 3 rings (SSSR count). The molecule has 0 radical (unpaired) electrons. The van der Waals surface area contributed by atoms with Crippen molar-refractivity contribution >= 4 is 5.91 Å². The smallest absolute Gasteiger partial charge is 0.217 e. The number of aliphatic hydroxyl groups is 2. The molecule has 0 unspecified atom stereocenters. The van der Waals surface area contributed by atoms with E-state index >= 15 is 0 Å². The highest BCUT2D eigenvalue weighted by atomic mass is 16.6. The van der Waals surface area contributed by atoms with E-state index < -0.39 is 30.6 Å². The molecule has 7 nitrogen and oxygen atoms in total. The quantitative estimate of drug-likeness (QED) is 0.618. The van der Waals surface area contributed by atoms with E-state index in [2.05, 4.69) is 5.32 Å². The topological polar surface area (TPSA) is 97.3 Å². The highest BCUT2D eigenvalue weighted by Gasteiger charge is 2.47. The Morgan fingerprint density at radius 2 is 1.48 bits per heavy atom. The van der Waals surface area contributed by atoms with Crippen molar-refractivity contribution in [3.63, 3.8) is 0 Å². The van der Waals surface area contributed by atoms with E-state index in [9.17, 15) is 15.0 Å². The first-order valence-corrected chi connectivity index (χ1v) is 9.61. The maximum Gasteiger partial charge on any atom is 0.217 e. The van der Waals surface area contributed by atoms with E-state index in [4.69, 9.17) is 14.2 Å². The minimum Gasteiger partial charge on any atom is -0.394 e. The summed E-state index contributed by atoms with van der Waals surface area (Å²) < 4.78 is 17.7. The van der Waals surface area contributed by atoms with Gasteiger partial charge >= 0.3 is 0 Å². The van der Waals surface area contributed by atoms with Crippen molar-refractivity contribution < 1.29 is 29.2 Å². The average molecular weight is 401 g/mol. The molecule has 0 aliphatic carbocycles. The van der Waals surface area contributed by atoms with Crippen LogP contribution in [0.25, 0.3) is 0 Å². The predicted octanol–water partition coefficient (Wildman–Crippen LogP) is 1.37. The number of hydrogen-bond acceptors (Lipinski definition) is 6. The van der Waals surface area contributed by atoms with Crippen LogP contribution in [0.2, 0.25) is 0 Å². The zero-order valence-electron chi connectivity index (χ0n) is 16.3. The van der Waals surface area contributed by atoms with E-state index in [-0.39, 0.29) is 25.7 Å². The van der Waals surface area contributed by atoms with Gasteiger partial charge in [0.15, 0.2) is 6.29 Å². The highest BCUT2D eigenvalue weighted by molar-refractivity contribution is 5.73. The lowest BCUT2D eigenvalue weighted by Gasteiger charge is -2.44. The molecule has 1 fully saturated rings. The summed E-state index contributed by atoms with van der Waals surface area (Å²) >= 11 is 0. The van der Waals surface area contributed by atoms with Crippen molar-refractivity contribution in [1.29, 1.82) is 0 Å². The van der Waals surface area contributed by atoms with Gasteiger partial charge in [-0.05, 0) is 11.1 Å². The fraction of sp³-hybridized carbons (Fsp3) is 0.409. The summed E-state index contributed by atoms with van der Waals surface area (Å²) in [5, 5.41) is 22.9. The van der Waals surface area contributed by atoms with Gasteiger partial charge in [-0.3, -0.25) is 4.79 Å². The summed E-state index contributed by atoms with van der Waals surface area (Å²) in [4.78, 5) is 11.7. The Morgan fingerprint density at radius 3 is 1.97 bits per heavy atom. The Bertz CT molecular complexity index is 756. The monoisotopic (exact) mass is 401 g/mol. The van der Waals surface area contributed by atoms with Crippen LogP contribution in [0.5, 0.6) is 0 Å². The summed E-state index contributed by atoms with van der Waals surface area (Å²) in [5.74, 6) is -0.324. The summed E-state index contributed by atoms with van der Waals surface area (Å²) in [5.41, 5.74) is 1.89. The van der Waals surface area contributed by atoms with E-state index in [0.29, 0.717) is 0 Å². The first kappa shape index (κ1) is 21.4. The number of rotatable bonds is 8. The number of hydrogen-bond donors (Lipinski definition) is 3. The average Bonchev–Trinajstić information content (AvgIpc) is 2.74. The van der Waals surface area contributed by atoms with E-state index in [1.165, 1.54) is 6.92 Å². The van der Waals surface area contributed by atoms with Crippen LogP contribution in [0.15, 0.2) is 60.7 Å². The molecule has 0 bridgehead atoms. The summed E-state index contributed by atoms with van der Waals surface area (Å²) in [6, 6.07) is 18.3. The molecule has 2 aromatic rings. The Labute approximate surface area is 170 Å². The van der Waals surface area contributed by atoms with Crippen LogP contribution in [-0.4, -0.2) is 53.4 Å². The third-order valence-electron chi connectivity index (χ3n) is 4.79. The molecular weight excluding hydrogens is 374 g/mol. The number of benzene rings is 2. The molecule has 3 N–H and O–H groups in total. The molecule has 156 valence electrons. The Kier molecular flexibility index (Phi) is 7.74. The van der Waals surface area contributed by atoms with Gasteiger partial charge < -0.3 is 29.7 Å². The third-order valence-corrected chi connectivity index (χ3v) is 4.79. The maximum absolute atomic E-state index is 11.7. The van der Waals surface area contributed by atoms with Crippen LogP contribution in [0, 0.1) is 0 Å². The van der Waals surface area contributed by atoms with Crippen LogP contribution < -0.4 is 5.32 Å². The number of ether oxygens (including phenoxy) is 3. The summed E-state index contributed by atoms with van der Waals surface area (Å²) in [6.45, 7) is 1.55. The Hall–Kier alpha value is -2.29. The van der Waals surface area contributed by atoms with Crippen LogP contribution in [0.4, 0.5) is 0 Å². The molecule has 1 amide bonds. The maximum atomic E-state index is 11.7. The first-order valence-electron chi connectivity index (χ1n) is 9.61. The number of aliphatic hydroxyl groups excluding tert-OH is 2. The molecule has 1 saturated heterocycles. The minimum absolute atomic E-state index is 0.262. The molecule has 0 spiro atoms. The standard InChI is InChI=1S/C22H27NO6/c1-15(25)23-19-21(28-14-17-10-6-3-7-11-17)20(18(12-24)29-22(19)26)27-13-16-8-4-2-5-9-16/h2-11,18-22,24,26H,12-14H2,1H3,(H,23,25)/t18-,19-,20-,21-,22+/m1/s1. The number of amides is 1. The van der Waals surface area contributed by atoms with E-state index in [1.54, 1.807) is 0 Å². The van der Waals surface area contributed by atoms with Crippen LogP contribution in [-0.2, 0) is 32.2 Å². The van der Waals surface area contributed by atoms with Gasteiger partial charge in [0.25, 0.3) is 0 Å². The van der Waals surface area contributed by atoms with Crippen LogP contribution >= 0.6 is 0 Å². The fourth-order valence-corrected chi connectivity index (χ4v) is 3.39. The lowest BCUT2D eigenvalue weighted by molar-refractivity contribution is -0.275. The molecule has 5 atom stereocenters. The summed E-state index contributed by atoms with van der Waals surface area (Å²) in [6.07, 6.45) is -3.53. The van der Waals surface area contributed by atoms with Gasteiger partial charge in [0.1, 0.15) is 24.4 Å². The number of carbonyl (C=O) groups is 1. The zero-order valence-corrected chi connectivity index (χ0v) is 16.3. The van der Waals surface area contributed by atoms with Gasteiger partial charge in [-0.1, -0.05) is 60.7 Å². The Balaban J connectivity index is 1.80. The molecule has 2 aromatic carbocycles. The normalized spacial score (nSPS) is 26.8. The number of carbonyl (C=O) groups excluding carboxylic acids is 1. The molecular formula is C22H27NO6. The second-order valence-corrected chi connectivity index (χ2v) is 7.00. The predicted molar refractivity (Wildman–Crippen MR) is 106 cm³/mol. The molecule has 1 aliphatic heterocycles. The largest absolute Gasteiger partial charge is 0.394 e. The second kappa shape index (κ2) is 10.5. The lowest BCUT2D eigenvalue weighted by Crippen LogP contribution is -2.65. The van der Waals surface area contributed by atoms with Gasteiger partial charge in [0.2, 0.25) is 5.91 Å². The third kappa shape index (κ3) is 5.85. The van der Waals surface area contributed by atoms with Crippen molar-refractivity contribution in [2.24, 2.45) is 0 Å². The van der Waals surface area contributed by atoms with Gasteiger partial charge in [-0.15, -0.1) is 0 Å². The molecule has 1 heterocycles. The van der Waals surface area contributed by atoms with Gasteiger partial charge in [-0.2, -0.15) is 0 Å². The minimum atomic E-state index is -1.33. The van der Waals surface area contributed by atoms with Crippen molar-refractivity contribution in [2.75, 3.05) is 6.61 Å². The van der Waals surface area contributed by atoms with Gasteiger partial charge in [0, 0.05) is 6.92 Å². The SMILES string of the molecule is CC(=O)N[C@@H]1[C@@H](OCc2ccccc2)[C@H](OCc2ccccc2)[C@@H](CO)O[C@@H]1O.